The number of unbranched alkanes of at least 4 members (excludes halogenated alkanes) is 1. The van der Waals surface area contributed by atoms with Crippen molar-refractivity contribution in [3.8, 4) is 0 Å². The predicted molar refractivity (Wildman–Crippen MR) is 75.3 cm³/mol. The third kappa shape index (κ3) is 6.12. The van der Waals surface area contributed by atoms with Crippen LogP contribution in [0.1, 0.15) is 33.1 Å². The van der Waals surface area contributed by atoms with E-state index in [1.165, 1.54) is 43.9 Å². The molecule has 1 N–H and O–H groups in total. The van der Waals surface area contributed by atoms with Gasteiger partial charge in [-0.3, -0.25) is 0 Å². The Kier molecular flexibility index (Phi) is 7.50. The Morgan fingerprint density at radius 1 is 1.38 bits per heavy atom. The summed E-state index contributed by atoms with van der Waals surface area (Å²) in [6, 6.07) is 0.855. The fourth-order valence-corrected chi connectivity index (χ4v) is 3.35. The summed E-state index contributed by atoms with van der Waals surface area (Å²) in [5, 5.41) is 3.51. The highest BCUT2D eigenvalue weighted by Gasteiger charge is 2.18. The van der Waals surface area contributed by atoms with E-state index in [2.05, 4.69) is 42.9 Å². The van der Waals surface area contributed by atoms with Crippen molar-refractivity contribution >= 4 is 11.8 Å². The highest BCUT2D eigenvalue weighted by atomic mass is 32.2. The normalized spacial score (nSPS) is 21.2. The van der Waals surface area contributed by atoms with E-state index in [-0.39, 0.29) is 0 Å². The molecule has 3 heteroatoms. The maximum atomic E-state index is 3.51. The lowest BCUT2D eigenvalue weighted by atomic mass is 10.2. The molecule has 0 amide bonds. The third-order valence-electron chi connectivity index (χ3n) is 3.20. The Hall–Kier alpha value is 0.270. The molecule has 1 atom stereocenters. The Bertz CT molecular complexity index is 167. The molecular weight excluding hydrogens is 216 g/mol. The predicted octanol–water partition coefficient (Wildman–Crippen LogP) is 2.45. The van der Waals surface area contributed by atoms with E-state index in [9.17, 15) is 0 Å². The quantitative estimate of drug-likeness (QED) is 0.660. The van der Waals surface area contributed by atoms with Gasteiger partial charge in [-0.25, -0.2) is 0 Å². The second-order valence-electron chi connectivity index (χ2n) is 5.30. The van der Waals surface area contributed by atoms with Crippen LogP contribution >= 0.6 is 11.8 Å². The lowest BCUT2D eigenvalue weighted by molar-refractivity contribution is 0.257. The minimum absolute atomic E-state index is 0.776. The second-order valence-corrected chi connectivity index (χ2v) is 6.45. The first-order valence-corrected chi connectivity index (χ1v) is 7.84. The van der Waals surface area contributed by atoms with Crippen LogP contribution in [0.4, 0.5) is 0 Å². The summed E-state index contributed by atoms with van der Waals surface area (Å²) >= 11 is 2.11. The van der Waals surface area contributed by atoms with Gasteiger partial charge < -0.3 is 10.2 Å². The number of rotatable bonds is 8. The van der Waals surface area contributed by atoms with Crippen molar-refractivity contribution in [2.24, 2.45) is 5.92 Å². The van der Waals surface area contributed by atoms with Crippen molar-refractivity contribution < 1.29 is 0 Å². The third-order valence-corrected chi connectivity index (χ3v) is 4.34. The minimum Gasteiger partial charge on any atom is -0.316 e. The maximum Gasteiger partial charge on any atom is 0.0191 e. The van der Waals surface area contributed by atoms with Gasteiger partial charge in [0.05, 0.1) is 0 Å². The second kappa shape index (κ2) is 8.37. The van der Waals surface area contributed by atoms with Gasteiger partial charge in [0.2, 0.25) is 0 Å². The fraction of sp³-hybridized carbons (Fsp3) is 1.00. The smallest absolute Gasteiger partial charge is 0.0191 e. The van der Waals surface area contributed by atoms with Gasteiger partial charge in [-0.15, -0.1) is 0 Å². The highest BCUT2D eigenvalue weighted by Crippen LogP contribution is 2.21. The lowest BCUT2D eigenvalue weighted by Crippen LogP contribution is -2.32. The largest absolute Gasteiger partial charge is 0.316 e. The average Bonchev–Trinajstić information content (AvgIpc) is 2.75. The van der Waals surface area contributed by atoms with E-state index >= 15 is 0 Å². The first-order chi connectivity index (χ1) is 7.70. The number of hydrogen-bond acceptors (Lipinski definition) is 3. The van der Waals surface area contributed by atoms with Gasteiger partial charge in [0.15, 0.2) is 0 Å². The molecule has 0 bridgehead atoms. The SMILES string of the molecule is CC(C)CNCCCCN(C)C1CCSC1. The highest BCUT2D eigenvalue weighted by molar-refractivity contribution is 7.99. The van der Waals surface area contributed by atoms with Crippen LogP contribution in [0.3, 0.4) is 0 Å². The van der Waals surface area contributed by atoms with Gasteiger partial charge in [-0.05, 0) is 57.6 Å². The zero-order chi connectivity index (χ0) is 11.8. The van der Waals surface area contributed by atoms with E-state index in [1.807, 2.05) is 0 Å². The molecule has 0 aromatic heterocycles. The zero-order valence-electron chi connectivity index (χ0n) is 11.2. The van der Waals surface area contributed by atoms with Crippen molar-refractivity contribution in [1.82, 2.24) is 10.2 Å². The summed E-state index contributed by atoms with van der Waals surface area (Å²) in [5.41, 5.74) is 0. The molecule has 1 unspecified atom stereocenters. The van der Waals surface area contributed by atoms with Crippen LogP contribution in [0, 0.1) is 5.92 Å². The molecule has 16 heavy (non-hydrogen) atoms. The molecule has 1 fully saturated rings. The van der Waals surface area contributed by atoms with Gasteiger partial charge in [0.1, 0.15) is 0 Å². The van der Waals surface area contributed by atoms with Crippen LogP contribution < -0.4 is 5.32 Å². The molecule has 0 radical (unpaired) electrons. The molecule has 1 aliphatic rings. The molecule has 0 aromatic rings. The Balaban J connectivity index is 1.90. The molecule has 2 nitrogen and oxygen atoms in total. The summed E-state index contributed by atoms with van der Waals surface area (Å²) < 4.78 is 0. The summed E-state index contributed by atoms with van der Waals surface area (Å²) in [5.74, 6) is 3.49. The molecule has 1 aliphatic heterocycles. The summed E-state index contributed by atoms with van der Waals surface area (Å²) in [6.45, 7) is 8.15. The molecule has 96 valence electrons. The van der Waals surface area contributed by atoms with E-state index in [0.717, 1.165) is 18.5 Å². The standard InChI is InChI=1S/C13H28N2S/c1-12(2)10-14-7-4-5-8-15(3)13-6-9-16-11-13/h12-14H,4-11H2,1-3H3. The van der Waals surface area contributed by atoms with Crippen LogP contribution in [-0.4, -0.2) is 49.1 Å². The topological polar surface area (TPSA) is 15.3 Å². The molecule has 0 spiro atoms. The minimum atomic E-state index is 0.776. The summed E-state index contributed by atoms with van der Waals surface area (Å²) in [6.07, 6.45) is 4.05. The molecule has 1 heterocycles. The van der Waals surface area contributed by atoms with Gasteiger partial charge in [0, 0.05) is 11.8 Å². The molecule has 0 aliphatic carbocycles. The zero-order valence-corrected chi connectivity index (χ0v) is 12.0. The molecular formula is C13H28N2S. The molecule has 0 aromatic carbocycles. The van der Waals surface area contributed by atoms with Crippen LogP contribution in [0.15, 0.2) is 0 Å². The first-order valence-electron chi connectivity index (χ1n) is 6.69. The Labute approximate surface area is 106 Å². The molecule has 1 saturated heterocycles. The van der Waals surface area contributed by atoms with Crippen LogP contribution in [-0.2, 0) is 0 Å². The van der Waals surface area contributed by atoms with Crippen LogP contribution in [0.5, 0.6) is 0 Å². The van der Waals surface area contributed by atoms with Gasteiger partial charge in [-0.1, -0.05) is 13.8 Å². The van der Waals surface area contributed by atoms with Crippen molar-refractivity contribution in [2.45, 2.75) is 39.2 Å². The van der Waals surface area contributed by atoms with Crippen LogP contribution in [0.25, 0.3) is 0 Å². The maximum absolute atomic E-state index is 3.51. The van der Waals surface area contributed by atoms with Crippen molar-refractivity contribution in [3.63, 3.8) is 0 Å². The molecule has 1 rings (SSSR count). The van der Waals surface area contributed by atoms with Crippen LogP contribution in [0.2, 0.25) is 0 Å². The Morgan fingerprint density at radius 3 is 2.81 bits per heavy atom. The lowest BCUT2D eigenvalue weighted by Gasteiger charge is -2.23. The van der Waals surface area contributed by atoms with E-state index in [0.29, 0.717) is 0 Å². The van der Waals surface area contributed by atoms with Crippen molar-refractivity contribution in [3.05, 3.63) is 0 Å². The number of nitrogens with one attached hydrogen (secondary N) is 1. The van der Waals surface area contributed by atoms with Gasteiger partial charge in [-0.2, -0.15) is 11.8 Å². The van der Waals surface area contributed by atoms with Crippen molar-refractivity contribution in [1.29, 1.82) is 0 Å². The number of nitrogens with zero attached hydrogens (tertiary/aromatic N) is 1. The average molecular weight is 244 g/mol. The molecule has 0 saturated carbocycles. The number of hydrogen-bond donors (Lipinski definition) is 1. The van der Waals surface area contributed by atoms with Gasteiger partial charge in [0.25, 0.3) is 0 Å². The van der Waals surface area contributed by atoms with E-state index in [4.69, 9.17) is 0 Å². The Morgan fingerprint density at radius 2 is 2.19 bits per heavy atom. The first kappa shape index (κ1) is 14.3. The summed E-state index contributed by atoms with van der Waals surface area (Å²) in [7, 11) is 2.29. The monoisotopic (exact) mass is 244 g/mol. The van der Waals surface area contributed by atoms with Crippen molar-refractivity contribution in [2.75, 3.05) is 38.2 Å². The fourth-order valence-electron chi connectivity index (χ4n) is 2.05. The number of thioether (sulfide) groups is 1. The van der Waals surface area contributed by atoms with E-state index < -0.39 is 0 Å². The van der Waals surface area contributed by atoms with Gasteiger partial charge >= 0.3 is 0 Å². The summed E-state index contributed by atoms with van der Waals surface area (Å²) in [4.78, 5) is 2.56. The van der Waals surface area contributed by atoms with E-state index in [1.54, 1.807) is 0 Å².